The molecule has 0 radical (unpaired) electrons. The maximum atomic E-state index is 11.0. The Hall–Kier alpha value is -2.19. The summed E-state index contributed by atoms with van der Waals surface area (Å²) in [5, 5.41) is 22.8. The summed E-state index contributed by atoms with van der Waals surface area (Å²) in [5.41, 5.74) is -0.0210. The van der Waals surface area contributed by atoms with Crippen LogP contribution in [0.1, 0.15) is 10.4 Å². The van der Waals surface area contributed by atoms with Crippen molar-refractivity contribution in [3.05, 3.63) is 55.6 Å². The Balaban J connectivity index is 2.41. The predicted octanol–water partition coefficient (Wildman–Crippen LogP) is 3.85. The molecule has 21 heavy (non-hydrogen) atoms. The summed E-state index contributed by atoms with van der Waals surface area (Å²) >= 11 is 8.86. The van der Waals surface area contributed by atoms with Gasteiger partial charge in [-0.2, -0.15) is 0 Å². The SMILES string of the molecule is O=C(O)c1cc(Nc2ncc(Br)cc2[N+](=O)[O-])ccc1Cl. The predicted molar refractivity (Wildman–Crippen MR) is 80.3 cm³/mol. The molecule has 0 fully saturated rings. The van der Waals surface area contributed by atoms with E-state index in [1.165, 1.54) is 30.5 Å². The molecule has 9 heteroatoms. The summed E-state index contributed by atoms with van der Waals surface area (Å²) in [5.74, 6) is -1.19. The average Bonchev–Trinajstić information content (AvgIpc) is 2.42. The van der Waals surface area contributed by atoms with Crippen molar-refractivity contribution in [2.24, 2.45) is 0 Å². The van der Waals surface area contributed by atoms with Crippen LogP contribution in [0.5, 0.6) is 0 Å². The number of anilines is 2. The number of carboxylic acid groups (broad SMARTS) is 1. The first kappa shape index (κ1) is 15.2. The van der Waals surface area contributed by atoms with Crippen molar-refractivity contribution in [1.29, 1.82) is 0 Å². The fourth-order valence-corrected chi connectivity index (χ4v) is 2.09. The van der Waals surface area contributed by atoms with Crippen LogP contribution >= 0.6 is 27.5 Å². The molecule has 0 saturated carbocycles. The van der Waals surface area contributed by atoms with Crippen molar-refractivity contribution in [2.45, 2.75) is 0 Å². The van der Waals surface area contributed by atoms with Gasteiger partial charge in [0.15, 0.2) is 0 Å². The molecule has 0 amide bonds. The average molecular weight is 373 g/mol. The van der Waals surface area contributed by atoms with Gasteiger partial charge in [0.1, 0.15) is 0 Å². The van der Waals surface area contributed by atoms with Gasteiger partial charge in [-0.25, -0.2) is 9.78 Å². The lowest BCUT2D eigenvalue weighted by Crippen LogP contribution is -2.02. The molecule has 7 nitrogen and oxygen atoms in total. The van der Waals surface area contributed by atoms with Crippen LogP contribution in [0.2, 0.25) is 5.02 Å². The van der Waals surface area contributed by atoms with Crippen molar-refractivity contribution in [3.63, 3.8) is 0 Å². The van der Waals surface area contributed by atoms with Gasteiger partial charge in [-0.1, -0.05) is 11.6 Å². The van der Waals surface area contributed by atoms with E-state index in [2.05, 4.69) is 26.2 Å². The summed E-state index contributed by atoms with van der Waals surface area (Å²) in [6, 6.07) is 5.46. The molecule has 0 aliphatic rings. The molecule has 0 unspecified atom stereocenters. The lowest BCUT2D eigenvalue weighted by atomic mass is 10.2. The molecule has 2 N–H and O–H groups in total. The second-order valence-corrected chi connectivity index (χ2v) is 5.23. The number of rotatable bonds is 4. The van der Waals surface area contributed by atoms with Gasteiger partial charge in [0, 0.05) is 22.4 Å². The van der Waals surface area contributed by atoms with Gasteiger partial charge < -0.3 is 10.4 Å². The fraction of sp³-hybridized carbons (Fsp3) is 0. The molecule has 0 saturated heterocycles. The van der Waals surface area contributed by atoms with Crippen LogP contribution in [0.15, 0.2) is 34.9 Å². The number of benzene rings is 1. The maximum absolute atomic E-state index is 11.0. The summed E-state index contributed by atoms with van der Waals surface area (Å²) in [6.07, 6.45) is 1.39. The fourth-order valence-electron chi connectivity index (χ4n) is 1.57. The van der Waals surface area contributed by atoms with Gasteiger partial charge in [-0.15, -0.1) is 0 Å². The minimum absolute atomic E-state index is 0.00172. The molecular weight excluding hydrogens is 366 g/mol. The molecule has 1 heterocycles. The molecule has 108 valence electrons. The molecular formula is C12H7BrClN3O4. The van der Waals surface area contributed by atoms with Crippen LogP contribution in [0.25, 0.3) is 0 Å². The number of nitro groups is 1. The number of hydrogen-bond donors (Lipinski definition) is 2. The van der Waals surface area contributed by atoms with Crippen LogP contribution in [0.3, 0.4) is 0 Å². The Bertz CT molecular complexity index is 738. The number of carbonyl (C=O) groups is 1. The molecule has 1 aromatic heterocycles. The first-order valence-corrected chi connectivity index (χ1v) is 6.65. The maximum Gasteiger partial charge on any atom is 0.337 e. The Labute approximate surface area is 131 Å². The van der Waals surface area contributed by atoms with Gasteiger partial charge >= 0.3 is 11.7 Å². The largest absolute Gasteiger partial charge is 0.478 e. The van der Waals surface area contributed by atoms with Crippen LogP contribution < -0.4 is 5.32 Å². The smallest absolute Gasteiger partial charge is 0.337 e. The third kappa shape index (κ3) is 3.47. The van der Waals surface area contributed by atoms with Gasteiger partial charge in [-0.05, 0) is 34.1 Å². The molecule has 0 aliphatic heterocycles. The highest BCUT2D eigenvalue weighted by atomic mass is 79.9. The second-order valence-electron chi connectivity index (χ2n) is 3.90. The Morgan fingerprint density at radius 1 is 1.43 bits per heavy atom. The van der Waals surface area contributed by atoms with Crippen LogP contribution in [-0.2, 0) is 0 Å². The van der Waals surface area contributed by atoms with Gasteiger partial charge in [-0.3, -0.25) is 10.1 Å². The lowest BCUT2D eigenvalue weighted by Gasteiger charge is -2.08. The third-order valence-electron chi connectivity index (χ3n) is 2.49. The topological polar surface area (TPSA) is 105 Å². The van der Waals surface area contributed by atoms with Gasteiger partial charge in [0.2, 0.25) is 5.82 Å². The highest BCUT2D eigenvalue weighted by Crippen LogP contribution is 2.29. The zero-order chi connectivity index (χ0) is 15.6. The van der Waals surface area contributed by atoms with Crippen molar-refractivity contribution in [3.8, 4) is 0 Å². The normalized spacial score (nSPS) is 10.2. The van der Waals surface area contributed by atoms with E-state index >= 15 is 0 Å². The van der Waals surface area contributed by atoms with Crippen molar-refractivity contribution < 1.29 is 14.8 Å². The second kappa shape index (κ2) is 6.06. The lowest BCUT2D eigenvalue weighted by molar-refractivity contribution is -0.384. The van der Waals surface area contributed by atoms with E-state index in [0.29, 0.717) is 10.2 Å². The van der Waals surface area contributed by atoms with E-state index in [4.69, 9.17) is 16.7 Å². The van der Waals surface area contributed by atoms with E-state index in [-0.39, 0.29) is 22.1 Å². The summed E-state index contributed by atoms with van der Waals surface area (Å²) in [4.78, 5) is 25.3. The van der Waals surface area contributed by atoms with E-state index in [9.17, 15) is 14.9 Å². The van der Waals surface area contributed by atoms with E-state index < -0.39 is 10.9 Å². The molecule has 1 aromatic carbocycles. The summed E-state index contributed by atoms with van der Waals surface area (Å²) < 4.78 is 0.460. The Morgan fingerprint density at radius 2 is 2.14 bits per heavy atom. The molecule has 0 bridgehead atoms. The number of nitrogens with one attached hydrogen (secondary N) is 1. The first-order chi connectivity index (χ1) is 9.88. The molecule has 0 spiro atoms. The van der Waals surface area contributed by atoms with Crippen molar-refractivity contribution >= 4 is 50.7 Å². The molecule has 2 rings (SSSR count). The Kier molecular flexibility index (Phi) is 4.39. The monoisotopic (exact) mass is 371 g/mol. The minimum Gasteiger partial charge on any atom is -0.478 e. The highest BCUT2D eigenvalue weighted by molar-refractivity contribution is 9.10. The number of aromatic carboxylic acids is 1. The van der Waals surface area contributed by atoms with E-state index in [1.54, 1.807) is 0 Å². The summed E-state index contributed by atoms with van der Waals surface area (Å²) in [7, 11) is 0. The number of carboxylic acids is 1. The number of halogens is 2. The van der Waals surface area contributed by atoms with Gasteiger partial charge in [0.05, 0.1) is 15.5 Å². The summed E-state index contributed by atoms with van der Waals surface area (Å²) in [6.45, 7) is 0. The van der Waals surface area contributed by atoms with Crippen LogP contribution in [-0.4, -0.2) is 21.0 Å². The molecule has 0 atom stereocenters. The van der Waals surface area contributed by atoms with Crippen LogP contribution in [0, 0.1) is 10.1 Å². The number of aromatic nitrogens is 1. The third-order valence-corrected chi connectivity index (χ3v) is 3.25. The minimum atomic E-state index is -1.19. The zero-order valence-corrected chi connectivity index (χ0v) is 12.6. The van der Waals surface area contributed by atoms with Crippen molar-refractivity contribution in [2.75, 3.05) is 5.32 Å². The van der Waals surface area contributed by atoms with Gasteiger partial charge in [0.25, 0.3) is 0 Å². The standard InChI is InChI=1S/C12H7BrClN3O4/c13-6-3-10(17(20)21)11(15-5-6)16-7-1-2-9(14)8(4-7)12(18)19/h1-5H,(H,15,16)(H,18,19). The number of pyridine rings is 1. The Morgan fingerprint density at radius 3 is 2.76 bits per heavy atom. The highest BCUT2D eigenvalue weighted by Gasteiger charge is 2.17. The quantitative estimate of drug-likeness (QED) is 0.624. The van der Waals surface area contributed by atoms with Crippen LogP contribution in [0.4, 0.5) is 17.2 Å². The van der Waals surface area contributed by atoms with Crippen molar-refractivity contribution in [1.82, 2.24) is 4.98 Å². The number of hydrogen-bond acceptors (Lipinski definition) is 5. The number of nitrogens with zero attached hydrogens (tertiary/aromatic N) is 2. The molecule has 0 aliphatic carbocycles. The molecule has 2 aromatic rings. The zero-order valence-electron chi connectivity index (χ0n) is 10.2. The van der Waals surface area contributed by atoms with E-state index in [1.807, 2.05) is 0 Å². The van der Waals surface area contributed by atoms with E-state index in [0.717, 1.165) is 0 Å². The first-order valence-electron chi connectivity index (χ1n) is 5.48.